The molecule has 0 saturated carbocycles. The van der Waals surface area contributed by atoms with Crippen molar-refractivity contribution in [3.63, 3.8) is 0 Å². The van der Waals surface area contributed by atoms with Gasteiger partial charge in [0.25, 0.3) is 11.8 Å². The van der Waals surface area contributed by atoms with E-state index in [9.17, 15) is 9.59 Å². The molecule has 0 aliphatic carbocycles. The number of rotatable bonds is 2. The molecule has 0 atom stereocenters. The van der Waals surface area contributed by atoms with E-state index in [2.05, 4.69) is 15.8 Å². The van der Waals surface area contributed by atoms with E-state index in [1.807, 2.05) is 49.5 Å². The minimum Gasteiger partial charge on any atom is -0.340 e. The molecule has 128 valence electrons. The minimum absolute atomic E-state index is 0.384. The van der Waals surface area contributed by atoms with Crippen molar-refractivity contribution in [2.45, 2.75) is 0 Å². The molecule has 6 nitrogen and oxygen atoms in total. The summed E-state index contributed by atoms with van der Waals surface area (Å²) >= 11 is 0. The Morgan fingerprint density at radius 1 is 0.885 bits per heavy atom. The van der Waals surface area contributed by atoms with Gasteiger partial charge in [0.2, 0.25) is 0 Å². The number of fused-ring (bicyclic) bond motifs is 2. The van der Waals surface area contributed by atoms with E-state index in [0.717, 1.165) is 16.3 Å². The molecule has 0 saturated heterocycles. The van der Waals surface area contributed by atoms with Crippen LogP contribution in [0.5, 0.6) is 0 Å². The zero-order chi connectivity index (χ0) is 18.1. The highest BCUT2D eigenvalue weighted by atomic mass is 16.2. The Morgan fingerprint density at radius 2 is 1.62 bits per heavy atom. The summed E-state index contributed by atoms with van der Waals surface area (Å²) in [6.07, 6.45) is 1.63. The summed E-state index contributed by atoms with van der Waals surface area (Å²) in [6, 6.07) is 18.5. The van der Waals surface area contributed by atoms with Gasteiger partial charge in [0.1, 0.15) is 5.69 Å². The second-order valence-corrected chi connectivity index (χ2v) is 5.94. The molecule has 0 radical (unpaired) electrons. The van der Waals surface area contributed by atoms with Gasteiger partial charge in [-0.3, -0.25) is 25.4 Å². The second kappa shape index (κ2) is 6.33. The van der Waals surface area contributed by atoms with Crippen molar-refractivity contribution in [3.05, 3.63) is 78.1 Å². The Kier molecular flexibility index (Phi) is 3.85. The van der Waals surface area contributed by atoms with Gasteiger partial charge in [0.05, 0.1) is 11.1 Å². The third-order valence-electron chi connectivity index (χ3n) is 4.35. The van der Waals surface area contributed by atoms with Crippen LogP contribution >= 0.6 is 0 Å². The molecule has 26 heavy (non-hydrogen) atoms. The van der Waals surface area contributed by atoms with Gasteiger partial charge in [-0.2, -0.15) is 0 Å². The highest BCUT2D eigenvalue weighted by Crippen LogP contribution is 2.18. The first kappa shape index (κ1) is 15.8. The summed E-state index contributed by atoms with van der Waals surface area (Å²) in [5.74, 6) is -0.799. The highest BCUT2D eigenvalue weighted by molar-refractivity contribution is 6.07. The number of aromatic nitrogens is 2. The van der Waals surface area contributed by atoms with E-state index in [1.165, 1.54) is 0 Å². The number of hydrogen-bond donors (Lipinski definition) is 2. The third kappa shape index (κ3) is 2.67. The van der Waals surface area contributed by atoms with Gasteiger partial charge < -0.3 is 4.57 Å². The predicted octanol–water partition coefficient (Wildman–Crippen LogP) is 2.80. The summed E-state index contributed by atoms with van der Waals surface area (Å²) in [5.41, 5.74) is 7.35. The quantitative estimate of drug-likeness (QED) is 0.549. The standard InChI is InChI=1S/C20H16N4O2/c1-24-16-10-3-2-6-14(16)12-17(24)20(26)23-22-19(25)15-9-4-7-13-8-5-11-21-18(13)15/h2-12H,1H3,(H,22,25)(H,23,26). The number of para-hydroxylation sites is 2. The number of hydrazine groups is 1. The van der Waals surface area contributed by atoms with Gasteiger partial charge in [-0.1, -0.05) is 36.4 Å². The lowest BCUT2D eigenvalue weighted by molar-refractivity contribution is 0.0843. The number of carbonyl (C=O) groups is 2. The summed E-state index contributed by atoms with van der Waals surface area (Å²) in [4.78, 5) is 29.2. The van der Waals surface area contributed by atoms with E-state index in [1.54, 1.807) is 29.0 Å². The Labute approximate surface area is 149 Å². The highest BCUT2D eigenvalue weighted by Gasteiger charge is 2.15. The van der Waals surface area contributed by atoms with Gasteiger partial charge in [0.15, 0.2) is 0 Å². The van der Waals surface area contributed by atoms with Crippen molar-refractivity contribution in [1.82, 2.24) is 20.4 Å². The molecule has 2 heterocycles. The van der Waals surface area contributed by atoms with Crippen LogP contribution in [0.4, 0.5) is 0 Å². The molecule has 4 rings (SSSR count). The molecule has 0 unspecified atom stereocenters. The SMILES string of the molecule is Cn1c(C(=O)NNC(=O)c2cccc3cccnc23)cc2ccccc21. The first-order valence-electron chi connectivity index (χ1n) is 8.14. The van der Waals surface area contributed by atoms with E-state index in [-0.39, 0.29) is 5.91 Å². The largest absolute Gasteiger partial charge is 0.340 e. The van der Waals surface area contributed by atoms with Crippen LogP contribution in [0, 0.1) is 0 Å². The summed E-state index contributed by atoms with van der Waals surface area (Å²) in [5, 5.41) is 1.82. The number of nitrogens with zero attached hydrogens (tertiary/aromatic N) is 2. The lowest BCUT2D eigenvalue weighted by Crippen LogP contribution is -2.42. The average Bonchev–Trinajstić information content (AvgIpc) is 3.02. The van der Waals surface area contributed by atoms with Crippen LogP contribution in [0.15, 0.2) is 66.9 Å². The van der Waals surface area contributed by atoms with E-state index >= 15 is 0 Å². The summed E-state index contributed by atoms with van der Waals surface area (Å²) in [6.45, 7) is 0. The second-order valence-electron chi connectivity index (χ2n) is 5.94. The van der Waals surface area contributed by atoms with Crippen molar-refractivity contribution < 1.29 is 9.59 Å². The van der Waals surface area contributed by atoms with Crippen LogP contribution in [0.1, 0.15) is 20.8 Å². The molecule has 2 aromatic heterocycles. The van der Waals surface area contributed by atoms with Crippen molar-refractivity contribution in [2.24, 2.45) is 7.05 Å². The maximum Gasteiger partial charge on any atom is 0.286 e. The molecular formula is C20H16N4O2. The Balaban J connectivity index is 1.55. The van der Waals surface area contributed by atoms with Crippen LogP contribution in [-0.2, 0) is 7.05 Å². The molecule has 6 heteroatoms. The zero-order valence-electron chi connectivity index (χ0n) is 14.1. The van der Waals surface area contributed by atoms with Crippen molar-refractivity contribution in [1.29, 1.82) is 0 Å². The van der Waals surface area contributed by atoms with E-state index in [0.29, 0.717) is 16.8 Å². The first-order chi connectivity index (χ1) is 12.6. The van der Waals surface area contributed by atoms with Gasteiger partial charge in [0, 0.05) is 29.5 Å². The summed E-state index contributed by atoms with van der Waals surface area (Å²) in [7, 11) is 1.81. The normalized spacial score (nSPS) is 10.8. The molecule has 0 fully saturated rings. The van der Waals surface area contributed by atoms with Crippen LogP contribution in [0.3, 0.4) is 0 Å². The van der Waals surface area contributed by atoms with Gasteiger partial charge >= 0.3 is 0 Å². The van der Waals surface area contributed by atoms with Gasteiger partial charge in [-0.15, -0.1) is 0 Å². The fourth-order valence-electron chi connectivity index (χ4n) is 3.04. The molecular weight excluding hydrogens is 328 g/mol. The molecule has 0 bridgehead atoms. The fourth-order valence-corrected chi connectivity index (χ4v) is 3.04. The van der Waals surface area contributed by atoms with Crippen molar-refractivity contribution >= 4 is 33.6 Å². The molecule has 0 aliphatic rings. The fraction of sp³-hybridized carbons (Fsp3) is 0.0500. The van der Waals surface area contributed by atoms with Crippen LogP contribution < -0.4 is 10.9 Å². The predicted molar refractivity (Wildman–Crippen MR) is 99.6 cm³/mol. The van der Waals surface area contributed by atoms with Crippen molar-refractivity contribution in [2.75, 3.05) is 0 Å². The number of carbonyl (C=O) groups excluding carboxylic acids is 2. The number of pyridine rings is 1. The van der Waals surface area contributed by atoms with Crippen molar-refractivity contribution in [3.8, 4) is 0 Å². The average molecular weight is 344 g/mol. The molecule has 0 aliphatic heterocycles. The van der Waals surface area contributed by atoms with Crippen LogP contribution in [-0.4, -0.2) is 21.4 Å². The van der Waals surface area contributed by atoms with Crippen LogP contribution in [0.25, 0.3) is 21.8 Å². The zero-order valence-corrected chi connectivity index (χ0v) is 14.1. The monoisotopic (exact) mass is 344 g/mol. The first-order valence-corrected chi connectivity index (χ1v) is 8.14. The molecule has 2 amide bonds. The third-order valence-corrected chi connectivity index (χ3v) is 4.35. The summed E-state index contributed by atoms with van der Waals surface area (Å²) < 4.78 is 1.79. The number of nitrogens with one attached hydrogen (secondary N) is 2. The topological polar surface area (TPSA) is 76.0 Å². The molecule has 2 N–H and O–H groups in total. The molecule has 0 spiro atoms. The van der Waals surface area contributed by atoms with E-state index < -0.39 is 5.91 Å². The Hall–Kier alpha value is -3.67. The van der Waals surface area contributed by atoms with Gasteiger partial charge in [-0.05, 0) is 24.3 Å². The van der Waals surface area contributed by atoms with E-state index in [4.69, 9.17) is 0 Å². The lowest BCUT2D eigenvalue weighted by atomic mass is 10.1. The number of aryl methyl sites for hydroxylation is 1. The van der Waals surface area contributed by atoms with Crippen LogP contribution in [0.2, 0.25) is 0 Å². The number of benzene rings is 2. The Morgan fingerprint density at radius 3 is 2.46 bits per heavy atom. The maximum atomic E-state index is 12.5. The number of amides is 2. The minimum atomic E-state index is -0.415. The number of hydrogen-bond acceptors (Lipinski definition) is 3. The maximum absolute atomic E-state index is 12.5. The molecule has 2 aromatic carbocycles. The van der Waals surface area contributed by atoms with Gasteiger partial charge in [-0.25, -0.2) is 0 Å². The molecule has 4 aromatic rings. The Bertz CT molecular complexity index is 1140. The lowest BCUT2D eigenvalue weighted by Gasteiger charge is -2.09. The smallest absolute Gasteiger partial charge is 0.286 e.